The van der Waals surface area contributed by atoms with Crippen LogP contribution in [0.15, 0.2) is 66.9 Å². The van der Waals surface area contributed by atoms with Crippen LogP contribution in [0.1, 0.15) is 12.0 Å². The van der Waals surface area contributed by atoms with E-state index in [2.05, 4.69) is 10.6 Å². The summed E-state index contributed by atoms with van der Waals surface area (Å²) >= 11 is 1.90. The van der Waals surface area contributed by atoms with Gasteiger partial charge in [0.05, 0.1) is 11.4 Å². The zero-order valence-electron chi connectivity index (χ0n) is 15.7. The molecule has 0 bridgehead atoms. The van der Waals surface area contributed by atoms with Gasteiger partial charge in [0.15, 0.2) is 0 Å². The molecule has 1 fully saturated rings. The van der Waals surface area contributed by atoms with Gasteiger partial charge in [-0.2, -0.15) is 16.9 Å². The van der Waals surface area contributed by atoms with Crippen molar-refractivity contribution in [2.24, 2.45) is 0 Å². The van der Waals surface area contributed by atoms with E-state index < -0.39 is 0 Å². The van der Waals surface area contributed by atoms with Crippen LogP contribution in [-0.2, 0) is 11.3 Å². The number of nitrogens with one attached hydrogen (secondary N) is 2. The third kappa shape index (κ3) is 4.64. The zero-order valence-corrected chi connectivity index (χ0v) is 16.5. The molecule has 5 nitrogen and oxygen atoms in total. The van der Waals surface area contributed by atoms with Crippen molar-refractivity contribution in [1.29, 1.82) is 0 Å². The maximum atomic E-state index is 12.4. The minimum absolute atomic E-state index is 0.0754. The summed E-state index contributed by atoms with van der Waals surface area (Å²) in [6, 6.07) is 20.4. The Morgan fingerprint density at radius 2 is 1.89 bits per heavy atom. The number of hydrogen-bond acceptors (Lipinski definition) is 4. The number of hydrogen-bond donors (Lipinski definition) is 2. The van der Waals surface area contributed by atoms with Crippen molar-refractivity contribution in [3.63, 3.8) is 0 Å². The van der Waals surface area contributed by atoms with Crippen molar-refractivity contribution in [1.82, 2.24) is 20.4 Å². The van der Waals surface area contributed by atoms with E-state index in [4.69, 9.17) is 5.10 Å². The topological polar surface area (TPSA) is 59.0 Å². The van der Waals surface area contributed by atoms with E-state index in [1.54, 1.807) is 0 Å². The first kappa shape index (κ1) is 18.8. The lowest BCUT2D eigenvalue weighted by molar-refractivity contribution is -0.121. The molecule has 0 spiro atoms. The van der Waals surface area contributed by atoms with Gasteiger partial charge in [-0.15, -0.1) is 0 Å². The number of carbonyl (C=O) groups is 1. The normalized spacial score (nSPS) is 16.6. The Morgan fingerprint density at radius 3 is 2.61 bits per heavy atom. The van der Waals surface area contributed by atoms with E-state index in [-0.39, 0.29) is 11.9 Å². The molecule has 3 aromatic rings. The summed E-state index contributed by atoms with van der Waals surface area (Å²) < 4.78 is 1.88. The number of carbonyl (C=O) groups excluding carboxylic acids is 1. The van der Waals surface area contributed by atoms with Crippen molar-refractivity contribution in [2.75, 3.05) is 18.1 Å². The fraction of sp³-hybridized carbons (Fsp3) is 0.273. The number of para-hydroxylation sites is 1. The molecule has 6 heteroatoms. The Balaban J connectivity index is 1.51. The molecule has 28 heavy (non-hydrogen) atoms. The van der Waals surface area contributed by atoms with Crippen LogP contribution in [0.5, 0.6) is 0 Å². The Kier molecular flexibility index (Phi) is 6.09. The second kappa shape index (κ2) is 9.08. The molecule has 0 saturated carbocycles. The highest BCUT2D eigenvalue weighted by atomic mass is 32.2. The summed E-state index contributed by atoms with van der Waals surface area (Å²) in [6.07, 6.45) is 2.52. The summed E-state index contributed by atoms with van der Waals surface area (Å²) in [4.78, 5) is 12.4. The van der Waals surface area contributed by atoms with E-state index in [0.717, 1.165) is 40.6 Å². The predicted octanol–water partition coefficient (Wildman–Crippen LogP) is 3.25. The molecule has 1 aliphatic heterocycles. The molecule has 2 aromatic carbocycles. The van der Waals surface area contributed by atoms with Crippen molar-refractivity contribution >= 4 is 17.7 Å². The second-order valence-electron chi connectivity index (χ2n) is 6.86. The Morgan fingerprint density at radius 1 is 1.14 bits per heavy atom. The van der Waals surface area contributed by atoms with Gasteiger partial charge < -0.3 is 10.6 Å². The highest BCUT2D eigenvalue weighted by Crippen LogP contribution is 2.23. The first-order chi connectivity index (χ1) is 13.8. The SMILES string of the molecule is O=C(CC1CSCCN1)NCc1cn(-c2ccccc2)nc1-c1ccccc1. The van der Waals surface area contributed by atoms with Gasteiger partial charge in [-0.3, -0.25) is 4.79 Å². The van der Waals surface area contributed by atoms with E-state index in [0.29, 0.717) is 13.0 Å². The average molecular weight is 393 g/mol. The second-order valence-corrected chi connectivity index (χ2v) is 8.01. The number of thioether (sulfide) groups is 1. The largest absolute Gasteiger partial charge is 0.352 e. The van der Waals surface area contributed by atoms with Crippen LogP contribution in [0, 0.1) is 0 Å². The Hall–Kier alpha value is -2.57. The van der Waals surface area contributed by atoms with Crippen molar-refractivity contribution in [3.05, 3.63) is 72.4 Å². The molecular weight excluding hydrogens is 368 g/mol. The molecule has 1 aromatic heterocycles. The average Bonchev–Trinajstić information content (AvgIpc) is 3.19. The standard InChI is InChI=1S/C22H24N4OS/c27-21(13-19-16-28-12-11-23-19)24-14-18-15-26(20-9-5-2-6-10-20)25-22(18)17-7-3-1-4-8-17/h1-10,15,19,23H,11-14,16H2,(H,24,27). The fourth-order valence-corrected chi connectivity index (χ4v) is 4.28. The van der Waals surface area contributed by atoms with E-state index in [1.807, 2.05) is 83.3 Å². The van der Waals surface area contributed by atoms with E-state index in [9.17, 15) is 4.79 Å². The van der Waals surface area contributed by atoms with Crippen LogP contribution in [-0.4, -0.2) is 39.8 Å². The quantitative estimate of drug-likeness (QED) is 0.676. The molecule has 1 saturated heterocycles. The highest BCUT2D eigenvalue weighted by molar-refractivity contribution is 7.99. The van der Waals surface area contributed by atoms with Gasteiger partial charge in [-0.05, 0) is 12.1 Å². The summed E-state index contributed by atoms with van der Waals surface area (Å²) in [5, 5.41) is 11.3. The number of benzene rings is 2. The third-order valence-corrected chi connectivity index (χ3v) is 5.90. The van der Waals surface area contributed by atoms with Gasteiger partial charge in [0.1, 0.15) is 0 Å². The van der Waals surface area contributed by atoms with Crippen LogP contribution in [0.25, 0.3) is 16.9 Å². The lowest BCUT2D eigenvalue weighted by atomic mass is 10.1. The Bertz CT molecular complexity index is 905. The monoisotopic (exact) mass is 392 g/mol. The summed E-state index contributed by atoms with van der Waals surface area (Å²) in [7, 11) is 0. The predicted molar refractivity (Wildman–Crippen MR) is 115 cm³/mol. The molecule has 1 amide bonds. The fourth-order valence-electron chi connectivity index (χ4n) is 3.33. The zero-order chi connectivity index (χ0) is 19.2. The molecule has 2 N–H and O–H groups in total. The van der Waals surface area contributed by atoms with Crippen molar-refractivity contribution in [3.8, 4) is 16.9 Å². The molecule has 4 rings (SSSR count). The minimum Gasteiger partial charge on any atom is -0.352 e. The van der Waals surface area contributed by atoms with Gasteiger partial charge in [0, 0.05) is 54.4 Å². The molecule has 0 aliphatic carbocycles. The first-order valence-corrected chi connectivity index (χ1v) is 10.7. The molecule has 2 heterocycles. The van der Waals surface area contributed by atoms with Crippen LogP contribution in [0.3, 0.4) is 0 Å². The molecular formula is C22H24N4OS. The van der Waals surface area contributed by atoms with Crippen LogP contribution in [0.2, 0.25) is 0 Å². The lowest BCUT2D eigenvalue weighted by Gasteiger charge is -2.22. The first-order valence-electron chi connectivity index (χ1n) is 9.57. The van der Waals surface area contributed by atoms with Gasteiger partial charge in [0.2, 0.25) is 5.91 Å². The third-order valence-electron chi connectivity index (χ3n) is 4.76. The van der Waals surface area contributed by atoms with Crippen LogP contribution < -0.4 is 10.6 Å². The molecule has 1 unspecified atom stereocenters. The molecule has 1 atom stereocenters. The minimum atomic E-state index is 0.0754. The number of rotatable bonds is 6. The molecule has 0 radical (unpaired) electrons. The van der Waals surface area contributed by atoms with Gasteiger partial charge in [-0.1, -0.05) is 48.5 Å². The van der Waals surface area contributed by atoms with E-state index >= 15 is 0 Å². The van der Waals surface area contributed by atoms with Crippen LogP contribution in [0.4, 0.5) is 0 Å². The smallest absolute Gasteiger partial charge is 0.221 e. The number of aromatic nitrogens is 2. The van der Waals surface area contributed by atoms with Gasteiger partial charge >= 0.3 is 0 Å². The lowest BCUT2D eigenvalue weighted by Crippen LogP contribution is -2.41. The summed E-state index contributed by atoms with van der Waals surface area (Å²) in [5.41, 5.74) is 3.96. The highest BCUT2D eigenvalue weighted by Gasteiger charge is 2.18. The van der Waals surface area contributed by atoms with Crippen molar-refractivity contribution < 1.29 is 4.79 Å². The summed E-state index contributed by atoms with van der Waals surface area (Å²) in [6.45, 7) is 1.44. The van der Waals surface area contributed by atoms with E-state index in [1.165, 1.54) is 0 Å². The van der Waals surface area contributed by atoms with Gasteiger partial charge in [0.25, 0.3) is 0 Å². The Labute approximate surface area is 169 Å². The summed E-state index contributed by atoms with van der Waals surface area (Å²) in [5.74, 6) is 2.19. The maximum Gasteiger partial charge on any atom is 0.221 e. The number of amides is 1. The van der Waals surface area contributed by atoms with Crippen molar-refractivity contribution in [2.45, 2.75) is 19.0 Å². The van der Waals surface area contributed by atoms with Gasteiger partial charge in [-0.25, -0.2) is 4.68 Å². The van der Waals surface area contributed by atoms with Crippen LogP contribution >= 0.6 is 11.8 Å². The molecule has 1 aliphatic rings. The molecule has 144 valence electrons. The maximum absolute atomic E-state index is 12.4. The number of nitrogens with zero attached hydrogens (tertiary/aromatic N) is 2.